The minimum atomic E-state index is -0.250. The Morgan fingerprint density at radius 2 is 2.15 bits per heavy atom. The summed E-state index contributed by atoms with van der Waals surface area (Å²) in [5.41, 5.74) is 0. The van der Waals surface area contributed by atoms with Crippen LogP contribution in [0.1, 0.15) is 26.2 Å². The second-order valence-electron chi connectivity index (χ2n) is 3.67. The lowest BCUT2D eigenvalue weighted by Gasteiger charge is -2.04. The molecule has 13 heavy (non-hydrogen) atoms. The smallest absolute Gasteiger partial charge is 0.306 e. The zero-order valence-corrected chi connectivity index (χ0v) is 7.60. The van der Waals surface area contributed by atoms with Crippen molar-refractivity contribution in [2.45, 2.75) is 32.3 Å². The highest BCUT2D eigenvalue weighted by Gasteiger charge is 2.41. The van der Waals surface area contributed by atoms with Crippen molar-refractivity contribution in [3.05, 3.63) is 0 Å². The molecule has 0 aromatic rings. The number of rotatable bonds is 0. The van der Waals surface area contributed by atoms with Crippen LogP contribution in [-0.2, 0) is 14.3 Å². The maximum absolute atomic E-state index is 10.7. The van der Waals surface area contributed by atoms with Crippen molar-refractivity contribution in [2.75, 3.05) is 0 Å². The minimum Gasteiger partial charge on any atom is -0.483 e. The standard InChI is InChI=1S/C8H12O2.CH2O2/c1-5-2-6-4-8(9)10-7(6)3-5;2-1-3/h5-7H,2-4H2,1H3;1H,(H,2,3). The Kier molecular flexibility index (Phi) is 3.28. The van der Waals surface area contributed by atoms with Crippen molar-refractivity contribution in [1.82, 2.24) is 0 Å². The van der Waals surface area contributed by atoms with Crippen molar-refractivity contribution in [3.63, 3.8) is 0 Å². The van der Waals surface area contributed by atoms with E-state index in [0.29, 0.717) is 12.3 Å². The predicted octanol–water partition coefficient (Wildman–Crippen LogP) is 1.05. The predicted molar refractivity (Wildman–Crippen MR) is 45.1 cm³/mol. The van der Waals surface area contributed by atoms with Crippen molar-refractivity contribution in [3.8, 4) is 0 Å². The van der Waals surface area contributed by atoms with Gasteiger partial charge in [0.15, 0.2) is 0 Å². The van der Waals surface area contributed by atoms with E-state index in [4.69, 9.17) is 14.6 Å². The van der Waals surface area contributed by atoms with Crippen molar-refractivity contribution in [1.29, 1.82) is 0 Å². The molecule has 0 aromatic heterocycles. The highest BCUT2D eigenvalue weighted by atomic mass is 16.5. The van der Waals surface area contributed by atoms with Gasteiger partial charge in [0.2, 0.25) is 0 Å². The number of esters is 1. The molecule has 3 unspecified atom stereocenters. The Hall–Kier alpha value is -1.06. The van der Waals surface area contributed by atoms with Crippen LogP contribution in [0.3, 0.4) is 0 Å². The van der Waals surface area contributed by atoms with Crippen LogP contribution in [0.25, 0.3) is 0 Å². The summed E-state index contributed by atoms with van der Waals surface area (Å²) in [6.45, 7) is 1.98. The first-order valence-corrected chi connectivity index (χ1v) is 4.44. The summed E-state index contributed by atoms with van der Waals surface area (Å²) in [6.07, 6.45) is 3.24. The minimum absolute atomic E-state index is 0.0156. The van der Waals surface area contributed by atoms with Gasteiger partial charge in [-0.3, -0.25) is 9.59 Å². The average Bonchev–Trinajstić information content (AvgIpc) is 2.44. The molecule has 1 heterocycles. The average molecular weight is 186 g/mol. The van der Waals surface area contributed by atoms with Gasteiger partial charge in [-0.25, -0.2) is 0 Å². The molecule has 0 radical (unpaired) electrons. The van der Waals surface area contributed by atoms with E-state index in [1.165, 1.54) is 6.42 Å². The molecule has 1 N–H and O–H groups in total. The first-order valence-electron chi connectivity index (χ1n) is 4.44. The third kappa shape index (κ3) is 2.44. The molecule has 74 valence electrons. The van der Waals surface area contributed by atoms with Gasteiger partial charge in [-0.2, -0.15) is 0 Å². The second-order valence-corrected chi connectivity index (χ2v) is 3.67. The van der Waals surface area contributed by atoms with E-state index in [1.54, 1.807) is 0 Å². The molecule has 1 aliphatic heterocycles. The number of hydrogen-bond acceptors (Lipinski definition) is 3. The fourth-order valence-electron chi connectivity index (χ4n) is 2.14. The van der Waals surface area contributed by atoms with E-state index in [0.717, 1.165) is 12.3 Å². The van der Waals surface area contributed by atoms with Gasteiger partial charge in [-0.05, 0) is 18.8 Å². The SMILES string of the molecule is CC1CC2CC(=O)OC2C1.O=CO. The van der Waals surface area contributed by atoms with Crippen LogP contribution in [0, 0.1) is 11.8 Å². The van der Waals surface area contributed by atoms with Crippen LogP contribution in [-0.4, -0.2) is 23.7 Å². The summed E-state index contributed by atoms with van der Waals surface area (Å²) in [5.74, 6) is 1.34. The molecule has 2 fully saturated rings. The first kappa shape index (κ1) is 10.0. The van der Waals surface area contributed by atoms with Crippen LogP contribution < -0.4 is 0 Å². The second kappa shape index (κ2) is 4.25. The molecule has 0 bridgehead atoms. The number of carbonyl (C=O) groups is 2. The number of hydrogen-bond donors (Lipinski definition) is 1. The zero-order chi connectivity index (χ0) is 9.84. The Morgan fingerprint density at radius 3 is 2.69 bits per heavy atom. The fraction of sp³-hybridized carbons (Fsp3) is 0.778. The van der Waals surface area contributed by atoms with Gasteiger partial charge >= 0.3 is 5.97 Å². The highest BCUT2D eigenvalue weighted by Crippen LogP contribution is 2.39. The zero-order valence-electron chi connectivity index (χ0n) is 7.60. The summed E-state index contributed by atoms with van der Waals surface area (Å²) in [7, 11) is 0. The molecular formula is C9H14O4. The maximum Gasteiger partial charge on any atom is 0.306 e. The summed E-state index contributed by atoms with van der Waals surface area (Å²) < 4.78 is 5.12. The molecule has 3 atom stereocenters. The molecule has 2 aliphatic rings. The topological polar surface area (TPSA) is 63.6 Å². The molecule has 0 amide bonds. The molecule has 0 spiro atoms. The highest BCUT2D eigenvalue weighted by molar-refractivity contribution is 5.72. The molecule has 1 aliphatic carbocycles. The van der Waals surface area contributed by atoms with Crippen LogP contribution >= 0.6 is 0 Å². The monoisotopic (exact) mass is 186 g/mol. The lowest BCUT2D eigenvalue weighted by molar-refractivity contribution is -0.141. The third-order valence-corrected chi connectivity index (χ3v) is 2.58. The molecule has 4 nitrogen and oxygen atoms in total. The van der Waals surface area contributed by atoms with E-state index < -0.39 is 0 Å². The Morgan fingerprint density at radius 1 is 1.54 bits per heavy atom. The van der Waals surface area contributed by atoms with Crippen LogP contribution in [0.4, 0.5) is 0 Å². The third-order valence-electron chi connectivity index (χ3n) is 2.58. The summed E-state index contributed by atoms with van der Waals surface area (Å²) in [6, 6.07) is 0. The number of carboxylic acid groups (broad SMARTS) is 1. The van der Waals surface area contributed by atoms with Gasteiger partial charge in [-0.15, -0.1) is 0 Å². The van der Waals surface area contributed by atoms with E-state index >= 15 is 0 Å². The van der Waals surface area contributed by atoms with Gasteiger partial charge in [-0.1, -0.05) is 6.92 Å². The van der Waals surface area contributed by atoms with E-state index in [1.807, 2.05) is 0 Å². The fourth-order valence-corrected chi connectivity index (χ4v) is 2.14. The van der Waals surface area contributed by atoms with E-state index in [-0.39, 0.29) is 18.5 Å². The molecule has 4 heteroatoms. The lowest BCUT2D eigenvalue weighted by atomic mass is 10.0. The largest absolute Gasteiger partial charge is 0.483 e. The Balaban J connectivity index is 0.000000251. The van der Waals surface area contributed by atoms with Gasteiger partial charge in [0.25, 0.3) is 6.47 Å². The van der Waals surface area contributed by atoms with E-state index in [9.17, 15) is 4.79 Å². The van der Waals surface area contributed by atoms with Crippen molar-refractivity contribution >= 4 is 12.4 Å². The van der Waals surface area contributed by atoms with Crippen LogP contribution in [0.15, 0.2) is 0 Å². The lowest BCUT2D eigenvalue weighted by Crippen LogP contribution is -2.07. The molecule has 0 aromatic carbocycles. The van der Waals surface area contributed by atoms with Gasteiger partial charge in [0, 0.05) is 5.92 Å². The van der Waals surface area contributed by atoms with Crippen LogP contribution in [0.5, 0.6) is 0 Å². The summed E-state index contributed by atoms with van der Waals surface area (Å²) in [5, 5.41) is 6.89. The quantitative estimate of drug-likeness (QED) is 0.453. The van der Waals surface area contributed by atoms with Gasteiger partial charge in [0.05, 0.1) is 6.42 Å². The number of fused-ring (bicyclic) bond motifs is 1. The molecule has 1 saturated carbocycles. The summed E-state index contributed by atoms with van der Waals surface area (Å²) in [4.78, 5) is 19.1. The summed E-state index contributed by atoms with van der Waals surface area (Å²) >= 11 is 0. The van der Waals surface area contributed by atoms with Gasteiger partial charge < -0.3 is 9.84 Å². The molecule has 2 rings (SSSR count). The van der Waals surface area contributed by atoms with Crippen molar-refractivity contribution in [2.24, 2.45) is 11.8 Å². The first-order chi connectivity index (χ1) is 6.17. The maximum atomic E-state index is 10.7. The Bertz CT molecular complexity index is 186. The van der Waals surface area contributed by atoms with Crippen molar-refractivity contribution < 1.29 is 19.4 Å². The Labute approximate surface area is 76.9 Å². The van der Waals surface area contributed by atoms with E-state index in [2.05, 4.69) is 6.92 Å². The van der Waals surface area contributed by atoms with Gasteiger partial charge in [0.1, 0.15) is 6.10 Å². The van der Waals surface area contributed by atoms with Crippen LogP contribution in [0.2, 0.25) is 0 Å². The normalized spacial score (nSPS) is 35.8. The molecule has 1 saturated heterocycles. The number of ether oxygens (including phenoxy) is 1. The molecular weight excluding hydrogens is 172 g/mol. The number of carbonyl (C=O) groups excluding carboxylic acids is 1.